The SMILES string of the molecule is COC(=O)[C@@H]1O[C@H](COPI)[C@H](C)[C@H](C)[C@H]1C. The van der Waals surface area contributed by atoms with Gasteiger partial charge in [0.2, 0.25) is 0 Å². The molecule has 0 aromatic rings. The normalized spacial score (nSPS) is 38.5. The van der Waals surface area contributed by atoms with E-state index in [1.165, 1.54) is 7.11 Å². The van der Waals surface area contributed by atoms with Crippen molar-refractivity contribution in [3.8, 4) is 0 Å². The molecule has 0 bridgehead atoms. The van der Waals surface area contributed by atoms with E-state index in [-0.39, 0.29) is 18.0 Å². The standard InChI is InChI=1S/C11H20IO4P/c1-6-7(2)9(5-15-17-12)16-10(8(6)3)11(13)14-4/h6-10,17H,5H2,1-4H3/t6-,7+,8+,9+,10+/m0/s1. The quantitative estimate of drug-likeness (QED) is 0.431. The zero-order valence-electron chi connectivity index (χ0n) is 10.6. The van der Waals surface area contributed by atoms with Gasteiger partial charge in [-0.3, -0.25) is 0 Å². The van der Waals surface area contributed by atoms with Crippen LogP contribution >= 0.6 is 28.5 Å². The number of hydrogen-bond donors (Lipinski definition) is 0. The van der Waals surface area contributed by atoms with Gasteiger partial charge in [-0.2, -0.15) is 0 Å². The lowest BCUT2D eigenvalue weighted by Crippen LogP contribution is -2.49. The van der Waals surface area contributed by atoms with E-state index < -0.39 is 6.10 Å². The molecule has 0 saturated carbocycles. The van der Waals surface area contributed by atoms with Crippen molar-refractivity contribution in [1.29, 1.82) is 0 Å². The van der Waals surface area contributed by atoms with E-state index in [4.69, 9.17) is 14.0 Å². The summed E-state index contributed by atoms with van der Waals surface area (Å²) in [5.74, 6) is 0.701. The molecule has 6 heteroatoms. The maximum Gasteiger partial charge on any atom is 0.335 e. The summed E-state index contributed by atoms with van der Waals surface area (Å²) in [6.45, 7) is 7.32. The average molecular weight is 374 g/mol. The van der Waals surface area contributed by atoms with Crippen LogP contribution in [0, 0.1) is 17.8 Å². The number of halogens is 1. The fourth-order valence-electron chi connectivity index (χ4n) is 2.22. The summed E-state index contributed by atoms with van der Waals surface area (Å²) in [5.41, 5.74) is 0. The van der Waals surface area contributed by atoms with Crippen molar-refractivity contribution < 1.29 is 18.8 Å². The molecule has 0 amide bonds. The highest BCUT2D eigenvalue weighted by molar-refractivity contribution is 14.2. The molecule has 6 atom stereocenters. The summed E-state index contributed by atoms with van der Waals surface area (Å²) in [5, 5.41) is 0. The Balaban J connectivity index is 2.71. The van der Waals surface area contributed by atoms with E-state index in [1.807, 2.05) is 6.92 Å². The fourth-order valence-corrected chi connectivity index (χ4v) is 2.99. The molecule has 0 radical (unpaired) electrons. The molecule has 0 aromatic carbocycles. The van der Waals surface area contributed by atoms with Gasteiger partial charge >= 0.3 is 5.97 Å². The Morgan fingerprint density at radius 2 is 1.94 bits per heavy atom. The van der Waals surface area contributed by atoms with Crippen LogP contribution in [0.25, 0.3) is 0 Å². The van der Waals surface area contributed by atoms with Crippen LogP contribution in [0.2, 0.25) is 0 Å². The lowest BCUT2D eigenvalue weighted by atomic mass is 9.76. The Morgan fingerprint density at radius 1 is 1.29 bits per heavy atom. The molecule has 4 nitrogen and oxygen atoms in total. The summed E-state index contributed by atoms with van der Waals surface area (Å²) < 4.78 is 16.1. The molecule has 0 N–H and O–H groups in total. The molecule has 1 unspecified atom stereocenters. The molecule has 1 rings (SSSR count). The number of carbonyl (C=O) groups excluding carboxylic acids is 1. The zero-order chi connectivity index (χ0) is 13.0. The molecule has 1 fully saturated rings. The van der Waals surface area contributed by atoms with Crippen molar-refractivity contribution in [3.05, 3.63) is 0 Å². The van der Waals surface area contributed by atoms with Crippen molar-refractivity contribution in [2.24, 2.45) is 17.8 Å². The first-order valence-corrected chi connectivity index (χ1v) is 9.75. The first-order valence-electron chi connectivity index (χ1n) is 5.73. The third-order valence-electron chi connectivity index (χ3n) is 3.78. The monoisotopic (exact) mass is 374 g/mol. The average Bonchev–Trinajstić information content (AvgIpc) is 2.34. The fraction of sp³-hybridized carbons (Fsp3) is 0.909. The summed E-state index contributed by atoms with van der Waals surface area (Å²) in [6.07, 6.45) is -0.482. The number of methoxy groups -OCH3 is 1. The van der Waals surface area contributed by atoms with Crippen molar-refractivity contribution >= 4 is 34.5 Å². The van der Waals surface area contributed by atoms with E-state index in [2.05, 4.69) is 35.9 Å². The minimum Gasteiger partial charge on any atom is -0.467 e. The lowest BCUT2D eigenvalue weighted by Gasteiger charge is -2.42. The predicted molar refractivity (Wildman–Crippen MR) is 76.5 cm³/mol. The van der Waals surface area contributed by atoms with Crippen LogP contribution < -0.4 is 0 Å². The van der Waals surface area contributed by atoms with Gasteiger partial charge in [0.25, 0.3) is 0 Å². The molecule has 100 valence electrons. The van der Waals surface area contributed by atoms with Crippen LogP contribution in [0.4, 0.5) is 0 Å². The van der Waals surface area contributed by atoms with E-state index in [0.29, 0.717) is 24.9 Å². The molecule has 1 aliphatic heterocycles. The van der Waals surface area contributed by atoms with Crippen LogP contribution in [-0.2, 0) is 18.8 Å². The first-order chi connectivity index (χ1) is 8.02. The summed E-state index contributed by atoms with van der Waals surface area (Å²) in [4.78, 5) is 11.7. The third kappa shape index (κ3) is 3.75. The number of ether oxygens (including phenoxy) is 2. The molecule has 1 saturated heterocycles. The lowest BCUT2D eigenvalue weighted by molar-refractivity contribution is -0.184. The smallest absolute Gasteiger partial charge is 0.335 e. The van der Waals surface area contributed by atoms with E-state index in [1.54, 1.807) is 0 Å². The van der Waals surface area contributed by atoms with E-state index in [9.17, 15) is 4.79 Å². The minimum absolute atomic E-state index is 0.0208. The Hall–Kier alpha value is 0.550. The molecular weight excluding hydrogens is 354 g/mol. The number of hydrogen-bond acceptors (Lipinski definition) is 4. The Labute approximate surface area is 117 Å². The van der Waals surface area contributed by atoms with Gasteiger partial charge in [-0.05, 0) is 39.8 Å². The minimum atomic E-state index is -0.461. The van der Waals surface area contributed by atoms with Crippen LogP contribution in [0.3, 0.4) is 0 Å². The molecule has 1 aliphatic rings. The number of esters is 1. The van der Waals surface area contributed by atoms with Crippen LogP contribution in [0.5, 0.6) is 0 Å². The topological polar surface area (TPSA) is 44.8 Å². The van der Waals surface area contributed by atoms with Crippen LogP contribution in [-0.4, -0.2) is 31.9 Å². The Morgan fingerprint density at radius 3 is 2.47 bits per heavy atom. The van der Waals surface area contributed by atoms with Crippen molar-refractivity contribution in [2.45, 2.75) is 33.0 Å². The van der Waals surface area contributed by atoms with Gasteiger partial charge in [0.15, 0.2) is 6.10 Å². The molecule has 0 spiro atoms. The third-order valence-corrected chi connectivity index (χ3v) is 4.99. The van der Waals surface area contributed by atoms with Crippen LogP contribution in [0.1, 0.15) is 20.8 Å². The van der Waals surface area contributed by atoms with Crippen LogP contribution in [0.15, 0.2) is 0 Å². The zero-order valence-corrected chi connectivity index (χ0v) is 13.8. The van der Waals surface area contributed by atoms with Crippen molar-refractivity contribution in [3.63, 3.8) is 0 Å². The number of rotatable bonds is 4. The highest BCUT2D eigenvalue weighted by atomic mass is 127. The first kappa shape index (κ1) is 15.6. The second-order valence-electron chi connectivity index (χ2n) is 4.58. The summed E-state index contributed by atoms with van der Waals surface area (Å²) >= 11 is 2.18. The van der Waals surface area contributed by atoms with E-state index >= 15 is 0 Å². The maximum absolute atomic E-state index is 11.7. The molecule has 1 heterocycles. The Bertz CT molecular complexity index is 264. The van der Waals surface area contributed by atoms with Gasteiger partial charge in [0.05, 0.1) is 26.3 Å². The Kier molecular flexibility index (Phi) is 6.62. The van der Waals surface area contributed by atoms with Gasteiger partial charge < -0.3 is 14.0 Å². The predicted octanol–water partition coefficient (Wildman–Crippen LogP) is 2.80. The van der Waals surface area contributed by atoms with Gasteiger partial charge in [-0.1, -0.05) is 20.8 Å². The molecule has 17 heavy (non-hydrogen) atoms. The van der Waals surface area contributed by atoms with Gasteiger partial charge in [-0.25, -0.2) is 4.79 Å². The molecule has 0 aromatic heterocycles. The summed E-state index contributed by atoms with van der Waals surface area (Å²) in [6, 6.07) is 0. The maximum atomic E-state index is 11.7. The van der Waals surface area contributed by atoms with E-state index in [0.717, 1.165) is 0 Å². The highest BCUT2D eigenvalue weighted by Crippen LogP contribution is 2.36. The largest absolute Gasteiger partial charge is 0.467 e. The molecule has 0 aliphatic carbocycles. The highest BCUT2D eigenvalue weighted by Gasteiger charge is 2.42. The van der Waals surface area contributed by atoms with Gasteiger partial charge in [0, 0.05) is 0 Å². The van der Waals surface area contributed by atoms with Crippen molar-refractivity contribution in [2.75, 3.05) is 13.7 Å². The summed E-state index contributed by atoms with van der Waals surface area (Å²) in [7, 11) is 1.40. The second kappa shape index (κ2) is 7.22. The van der Waals surface area contributed by atoms with Crippen molar-refractivity contribution in [1.82, 2.24) is 0 Å². The van der Waals surface area contributed by atoms with Gasteiger partial charge in [-0.15, -0.1) is 0 Å². The van der Waals surface area contributed by atoms with Gasteiger partial charge in [0.1, 0.15) is 0 Å². The second-order valence-corrected chi connectivity index (χ2v) is 6.35. The number of carbonyl (C=O) groups is 1. The molecular formula is C11H20IO4P.